The molecule has 0 bridgehead atoms. The summed E-state index contributed by atoms with van der Waals surface area (Å²) in [6, 6.07) is 0.532. The van der Waals surface area contributed by atoms with Gasteiger partial charge in [-0.15, -0.1) is 0 Å². The average molecular weight is 226 g/mol. The lowest BCUT2D eigenvalue weighted by molar-refractivity contribution is 0.171. The van der Waals surface area contributed by atoms with Crippen LogP contribution < -0.4 is 5.32 Å². The van der Waals surface area contributed by atoms with Crippen molar-refractivity contribution in [2.45, 2.75) is 26.8 Å². The molecule has 0 aromatic carbocycles. The molecule has 1 aliphatic heterocycles. The third kappa shape index (κ3) is 4.24. The van der Waals surface area contributed by atoms with Crippen molar-refractivity contribution in [3.05, 3.63) is 12.2 Å². The molecule has 1 rings (SSSR count). The topological polar surface area (TPSA) is 24.5 Å². The molecule has 0 radical (unpaired) electrons. The molecule has 1 aliphatic rings. The molecule has 1 N–H and O–H groups in total. The molecule has 0 spiro atoms. The second kappa shape index (κ2) is 7.05. The highest BCUT2D eigenvalue weighted by Crippen LogP contribution is 2.15. The molecule has 3 nitrogen and oxygen atoms in total. The Bertz CT molecular complexity index is 218. The number of likely N-dealkylation sites (N-methyl/N-ethyl adjacent to an activating group) is 2. The minimum Gasteiger partial charge on any atom is -0.379 e. The second-order valence-electron chi connectivity index (χ2n) is 4.75. The zero-order valence-corrected chi connectivity index (χ0v) is 11.0. The molecule has 3 heteroatoms. The van der Waals surface area contributed by atoms with E-state index in [2.05, 4.69) is 37.6 Å². The van der Waals surface area contributed by atoms with Gasteiger partial charge >= 0.3 is 0 Å². The normalized spacial score (nSPS) is 25.2. The fourth-order valence-electron chi connectivity index (χ4n) is 2.29. The maximum absolute atomic E-state index is 5.56. The Morgan fingerprint density at radius 1 is 1.44 bits per heavy atom. The SMILES string of the molecule is C=C(C)CN(CC)CC1COCC1NCC. The number of hydrogen-bond donors (Lipinski definition) is 1. The summed E-state index contributed by atoms with van der Waals surface area (Å²) in [5.74, 6) is 0.624. The van der Waals surface area contributed by atoms with Gasteiger partial charge < -0.3 is 10.1 Å². The van der Waals surface area contributed by atoms with Crippen molar-refractivity contribution in [2.75, 3.05) is 39.4 Å². The van der Waals surface area contributed by atoms with E-state index >= 15 is 0 Å². The lowest BCUT2D eigenvalue weighted by Gasteiger charge is -2.26. The molecule has 0 saturated carbocycles. The van der Waals surface area contributed by atoms with Crippen LogP contribution in [0.3, 0.4) is 0 Å². The van der Waals surface area contributed by atoms with E-state index in [4.69, 9.17) is 4.74 Å². The Hall–Kier alpha value is -0.380. The molecule has 1 heterocycles. The van der Waals surface area contributed by atoms with Gasteiger partial charge in [0.05, 0.1) is 13.2 Å². The highest BCUT2D eigenvalue weighted by atomic mass is 16.5. The zero-order valence-electron chi connectivity index (χ0n) is 11.0. The molecule has 94 valence electrons. The Morgan fingerprint density at radius 3 is 2.75 bits per heavy atom. The third-order valence-electron chi connectivity index (χ3n) is 3.10. The number of nitrogens with zero attached hydrogens (tertiary/aromatic N) is 1. The first-order valence-electron chi connectivity index (χ1n) is 6.35. The number of hydrogen-bond acceptors (Lipinski definition) is 3. The summed E-state index contributed by atoms with van der Waals surface area (Å²) in [6.07, 6.45) is 0. The summed E-state index contributed by atoms with van der Waals surface area (Å²) in [7, 11) is 0. The first kappa shape index (κ1) is 13.7. The summed E-state index contributed by atoms with van der Waals surface area (Å²) < 4.78 is 5.56. The molecule has 1 fully saturated rings. The van der Waals surface area contributed by atoms with Crippen LogP contribution in [0.2, 0.25) is 0 Å². The van der Waals surface area contributed by atoms with Gasteiger partial charge in [-0.05, 0) is 20.0 Å². The Labute approximate surface area is 99.8 Å². The molecule has 2 atom stereocenters. The lowest BCUT2D eigenvalue weighted by Crippen LogP contribution is -2.42. The monoisotopic (exact) mass is 226 g/mol. The predicted octanol–water partition coefficient (Wildman–Crippen LogP) is 1.51. The summed E-state index contributed by atoms with van der Waals surface area (Å²) in [6.45, 7) is 16.4. The van der Waals surface area contributed by atoms with Crippen molar-refractivity contribution in [2.24, 2.45) is 5.92 Å². The molecule has 2 unspecified atom stereocenters. The maximum Gasteiger partial charge on any atom is 0.0623 e. The maximum atomic E-state index is 5.56. The number of rotatable bonds is 7. The van der Waals surface area contributed by atoms with Crippen molar-refractivity contribution in [1.82, 2.24) is 10.2 Å². The lowest BCUT2D eigenvalue weighted by atomic mass is 10.0. The standard InChI is InChI=1S/C13H26N2O/c1-5-14-13-10-16-9-12(13)8-15(6-2)7-11(3)4/h12-14H,3,5-10H2,1-2,4H3. The van der Waals surface area contributed by atoms with Crippen LogP contribution in [0, 0.1) is 5.92 Å². The minimum atomic E-state index is 0.532. The predicted molar refractivity (Wildman–Crippen MR) is 68.7 cm³/mol. The Balaban J connectivity index is 2.40. The smallest absolute Gasteiger partial charge is 0.0623 e. The second-order valence-corrected chi connectivity index (χ2v) is 4.75. The Kier molecular flexibility index (Phi) is 6.03. The number of ether oxygens (including phenoxy) is 1. The molecular weight excluding hydrogens is 200 g/mol. The van der Waals surface area contributed by atoms with Crippen LogP contribution in [0.1, 0.15) is 20.8 Å². The van der Waals surface area contributed by atoms with Gasteiger partial charge in [-0.25, -0.2) is 0 Å². The van der Waals surface area contributed by atoms with Crippen molar-refractivity contribution in [1.29, 1.82) is 0 Å². The van der Waals surface area contributed by atoms with Crippen LogP contribution in [0.25, 0.3) is 0 Å². The van der Waals surface area contributed by atoms with Gasteiger partial charge in [0, 0.05) is 25.0 Å². The van der Waals surface area contributed by atoms with E-state index in [-0.39, 0.29) is 0 Å². The highest BCUT2D eigenvalue weighted by molar-refractivity contribution is 4.93. The van der Waals surface area contributed by atoms with E-state index in [0.717, 1.165) is 39.4 Å². The van der Waals surface area contributed by atoms with Gasteiger partial charge in [-0.1, -0.05) is 26.0 Å². The highest BCUT2D eigenvalue weighted by Gasteiger charge is 2.28. The van der Waals surface area contributed by atoms with Gasteiger partial charge in [0.2, 0.25) is 0 Å². The minimum absolute atomic E-state index is 0.532. The molecule has 0 aromatic rings. The van der Waals surface area contributed by atoms with Gasteiger partial charge in [-0.3, -0.25) is 4.90 Å². The van der Waals surface area contributed by atoms with E-state index in [1.807, 2.05) is 0 Å². The van der Waals surface area contributed by atoms with E-state index in [9.17, 15) is 0 Å². The van der Waals surface area contributed by atoms with E-state index in [1.54, 1.807) is 0 Å². The van der Waals surface area contributed by atoms with Crippen LogP contribution in [0.5, 0.6) is 0 Å². The molecule has 0 aromatic heterocycles. The largest absolute Gasteiger partial charge is 0.379 e. The number of nitrogens with one attached hydrogen (secondary N) is 1. The fourth-order valence-corrected chi connectivity index (χ4v) is 2.29. The van der Waals surface area contributed by atoms with Crippen LogP contribution in [0.15, 0.2) is 12.2 Å². The quantitative estimate of drug-likeness (QED) is 0.666. The van der Waals surface area contributed by atoms with Gasteiger partial charge in [0.15, 0.2) is 0 Å². The third-order valence-corrected chi connectivity index (χ3v) is 3.10. The summed E-state index contributed by atoms with van der Waals surface area (Å²) in [4.78, 5) is 2.45. The van der Waals surface area contributed by atoms with Crippen LogP contribution in [-0.2, 0) is 4.74 Å². The molecule has 16 heavy (non-hydrogen) atoms. The van der Waals surface area contributed by atoms with E-state index in [1.165, 1.54) is 5.57 Å². The molecule has 0 amide bonds. The van der Waals surface area contributed by atoms with Gasteiger partial charge in [-0.2, -0.15) is 0 Å². The summed E-state index contributed by atoms with van der Waals surface area (Å²) >= 11 is 0. The van der Waals surface area contributed by atoms with Crippen molar-refractivity contribution < 1.29 is 4.74 Å². The fraction of sp³-hybridized carbons (Fsp3) is 0.846. The van der Waals surface area contributed by atoms with Crippen molar-refractivity contribution in [3.63, 3.8) is 0 Å². The molecule has 0 aliphatic carbocycles. The van der Waals surface area contributed by atoms with Crippen LogP contribution in [0.4, 0.5) is 0 Å². The van der Waals surface area contributed by atoms with Crippen molar-refractivity contribution in [3.8, 4) is 0 Å². The van der Waals surface area contributed by atoms with Crippen LogP contribution in [-0.4, -0.2) is 50.3 Å². The summed E-state index contributed by atoms with van der Waals surface area (Å²) in [5, 5.41) is 3.50. The molecule has 1 saturated heterocycles. The van der Waals surface area contributed by atoms with Gasteiger partial charge in [0.25, 0.3) is 0 Å². The first-order chi connectivity index (χ1) is 7.67. The summed E-state index contributed by atoms with van der Waals surface area (Å²) in [5.41, 5.74) is 1.24. The average Bonchev–Trinajstić information content (AvgIpc) is 2.65. The zero-order chi connectivity index (χ0) is 12.0. The first-order valence-corrected chi connectivity index (χ1v) is 6.35. The van der Waals surface area contributed by atoms with E-state index < -0.39 is 0 Å². The van der Waals surface area contributed by atoms with Gasteiger partial charge in [0.1, 0.15) is 0 Å². The van der Waals surface area contributed by atoms with Crippen molar-refractivity contribution >= 4 is 0 Å². The molecular formula is C13H26N2O. The van der Waals surface area contributed by atoms with Crippen LogP contribution >= 0.6 is 0 Å². The van der Waals surface area contributed by atoms with E-state index in [0.29, 0.717) is 12.0 Å². The Morgan fingerprint density at radius 2 is 2.19 bits per heavy atom.